The Morgan fingerprint density at radius 2 is 2.15 bits per heavy atom. The molecule has 2 aliphatic heterocycles. The lowest BCUT2D eigenvalue weighted by molar-refractivity contribution is -0.154. The number of β-lactam (4-membered cyclic amide) rings is 1. The van der Waals surface area contributed by atoms with Crippen molar-refractivity contribution < 1.29 is 29.0 Å². The third kappa shape index (κ3) is 4.43. The van der Waals surface area contributed by atoms with Crippen LogP contribution in [0.1, 0.15) is 11.7 Å². The van der Waals surface area contributed by atoms with Gasteiger partial charge in [0.1, 0.15) is 17.1 Å². The molecule has 172 valence electrons. The van der Waals surface area contributed by atoms with Gasteiger partial charge in [0, 0.05) is 24.1 Å². The number of carbonyl (C=O) groups is 4. The Morgan fingerprint density at radius 3 is 2.79 bits per heavy atom. The van der Waals surface area contributed by atoms with E-state index in [0.29, 0.717) is 27.8 Å². The van der Waals surface area contributed by atoms with Crippen molar-refractivity contribution in [2.24, 2.45) is 7.05 Å². The maximum absolute atomic E-state index is 12.8. The summed E-state index contributed by atoms with van der Waals surface area (Å²) in [4.78, 5) is 49.7. The molecule has 0 saturated carbocycles. The Kier molecular flexibility index (Phi) is 6.65. The van der Waals surface area contributed by atoms with E-state index in [1.807, 2.05) is 0 Å². The van der Waals surface area contributed by atoms with Crippen LogP contribution in [0.2, 0.25) is 0 Å². The quantitative estimate of drug-likeness (QED) is 0.276. The number of amides is 2. The van der Waals surface area contributed by atoms with Crippen molar-refractivity contribution in [2.45, 2.75) is 22.7 Å². The van der Waals surface area contributed by atoms with Crippen molar-refractivity contribution in [3.63, 3.8) is 0 Å². The van der Waals surface area contributed by atoms with E-state index in [1.54, 1.807) is 37.4 Å². The molecule has 1 aromatic carbocycles. The second-order valence-electron chi connectivity index (χ2n) is 7.05. The summed E-state index contributed by atoms with van der Waals surface area (Å²) in [7, 11) is 1.67. The molecular formula is C19H18N6O6S2. The topological polar surface area (TPSA) is 157 Å². The minimum atomic E-state index is -1.23. The lowest BCUT2D eigenvalue weighted by Gasteiger charge is -2.49. The fraction of sp³-hybridized carbons (Fsp3) is 0.316. The van der Waals surface area contributed by atoms with E-state index >= 15 is 0 Å². The second kappa shape index (κ2) is 9.62. The Labute approximate surface area is 195 Å². The number of tetrazole rings is 1. The van der Waals surface area contributed by atoms with Crippen molar-refractivity contribution >= 4 is 47.8 Å². The van der Waals surface area contributed by atoms with Crippen molar-refractivity contribution in [3.05, 3.63) is 47.2 Å². The molecule has 2 aromatic rings. The number of hydrogen-bond acceptors (Lipinski definition) is 10. The summed E-state index contributed by atoms with van der Waals surface area (Å²) in [6, 6.07) is 7.45. The van der Waals surface area contributed by atoms with E-state index in [0.717, 1.165) is 0 Å². The molecule has 4 rings (SSSR count). The highest BCUT2D eigenvalue weighted by Crippen LogP contribution is 2.41. The van der Waals surface area contributed by atoms with Gasteiger partial charge in [0.25, 0.3) is 18.3 Å². The molecular weight excluding hydrogens is 472 g/mol. The average molecular weight is 491 g/mol. The number of aliphatic carboxylic acids is 1. The summed E-state index contributed by atoms with van der Waals surface area (Å²) in [6.07, 6.45) is -1.22. The first-order valence-electron chi connectivity index (χ1n) is 9.62. The summed E-state index contributed by atoms with van der Waals surface area (Å²) in [5.41, 5.74) is 0.910. The number of nitrogens with zero attached hydrogens (tertiary/aromatic N) is 5. The summed E-state index contributed by atoms with van der Waals surface area (Å²) in [5.74, 6) is -1.79. The molecule has 3 heterocycles. The summed E-state index contributed by atoms with van der Waals surface area (Å²) >= 11 is 2.61. The number of carboxylic acids is 1. The summed E-state index contributed by atoms with van der Waals surface area (Å²) in [5, 5.41) is 23.4. The maximum atomic E-state index is 12.8. The van der Waals surface area contributed by atoms with Crippen LogP contribution < -0.4 is 5.32 Å². The van der Waals surface area contributed by atoms with Gasteiger partial charge in [0.2, 0.25) is 11.3 Å². The molecule has 0 spiro atoms. The standard InChI is InChI=1S/C19H18N6O6S2/c1-24-19(21-22-23-24)33-8-11-7-32-17-12(16(28)25(17)13(11)18(29)30)20-15(27)14(31-9-26)10-5-3-2-4-6-10/h2-6,9,12,14,17H,7-8H2,1H3,(H,20,27)(H,29,30)/t12-,14+,17-/m1/s1. The number of thioether (sulfide) groups is 2. The number of carboxylic acid groups (broad SMARTS) is 1. The number of aryl methyl sites for hydroxylation is 1. The zero-order chi connectivity index (χ0) is 23.5. The molecule has 2 aliphatic rings. The number of hydrogen-bond donors (Lipinski definition) is 2. The van der Waals surface area contributed by atoms with Crippen molar-refractivity contribution in [1.82, 2.24) is 30.4 Å². The van der Waals surface area contributed by atoms with Crippen molar-refractivity contribution in [1.29, 1.82) is 0 Å². The Morgan fingerprint density at radius 1 is 1.39 bits per heavy atom. The molecule has 1 fully saturated rings. The van der Waals surface area contributed by atoms with E-state index in [2.05, 4.69) is 20.8 Å². The van der Waals surface area contributed by atoms with Gasteiger partial charge in [-0.3, -0.25) is 19.3 Å². The number of carbonyl (C=O) groups excluding carboxylic acids is 3. The molecule has 1 aromatic heterocycles. The Bertz CT molecular complexity index is 1120. The van der Waals surface area contributed by atoms with Gasteiger partial charge in [0.05, 0.1) is 0 Å². The van der Waals surface area contributed by atoms with E-state index < -0.39 is 35.3 Å². The third-order valence-corrected chi connectivity index (χ3v) is 7.47. The first-order chi connectivity index (χ1) is 15.9. The van der Waals surface area contributed by atoms with Gasteiger partial charge in [0.15, 0.2) is 0 Å². The van der Waals surface area contributed by atoms with E-state index in [-0.39, 0.29) is 12.2 Å². The molecule has 0 unspecified atom stereocenters. The fourth-order valence-electron chi connectivity index (χ4n) is 3.49. The highest BCUT2D eigenvalue weighted by Gasteiger charge is 2.54. The van der Waals surface area contributed by atoms with E-state index in [1.165, 1.54) is 33.1 Å². The molecule has 1 saturated heterocycles. The van der Waals surface area contributed by atoms with Gasteiger partial charge >= 0.3 is 5.97 Å². The SMILES string of the molecule is Cn1nnnc1SCC1=C(C(=O)O)N2C(=O)[C@@H](NC(=O)[C@@H](OC=O)c3ccccc3)[C@H]2SC1. The summed E-state index contributed by atoms with van der Waals surface area (Å²) in [6.45, 7) is 0.170. The first kappa shape index (κ1) is 22.8. The van der Waals surface area contributed by atoms with Crippen LogP contribution >= 0.6 is 23.5 Å². The molecule has 2 N–H and O–H groups in total. The van der Waals surface area contributed by atoms with Crippen molar-refractivity contribution in [3.8, 4) is 0 Å². The zero-order valence-corrected chi connectivity index (χ0v) is 18.8. The van der Waals surface area contributed by atoms with Crippen LogP contribution in [0.3, 0.4) is 0 Å². The van der Waals surface area contributed by atoms with Gasteiger partial charge in [-0.25, -0.2) is 9.48 Å². The van der Waals surface area contributed by atoms with Gasteiger partial charge in [-0.1, -0.05) is 42.1 Å². The molecule has 33 heavy (non-hydrogen) atoms. The number of aromatic nitrogens is 4. The average Bonchev–Trinajstić information content (AvgIpc) is 3.23. The van der Waals surface area contributed by atoms with E-state index in [9.17, 15) is 24.3 Å². The summed E-state index contributed by atoms with van der Waals surface area (Å²) < 4.78 is 6.40. The number of benzene rings is 1. The van der Waals surface area contributed by atoms with Gasteiger partial charge in [-0.2, -0.15) is 0 Å². The largest absolute Gasteiger partial charge is 0.477 e. The molecule has 14 heteroatoms. The van der Waals surface area contributed by atoms with Gasteiger partial charge in [-0.15, -0.1) is 16.9 Å². The highest BCUT2D eigenvalue weighted by molar-refractivity contribution is 8.01. The molecule has 0 aliphatic carbocycles. The molecule has 0 radical (unpaired) electrons. The van der Waals surface area contributed by atoms with Crippen LogP contribution in [-0.4, -0.2) is 77.4 Å². The van der Waals surface area contributed by atoms with Crippen LogP contribution in [0.25, 0.3) is 0 Å². The van der Waals surface area contributed by atoms with Crippen LogP contribution in [-0.2, 0) is 31.0 Å². The first-order valence-corrected chi connectivity index (χ1v) is 11.7. The minimum absolute atomic E-state index is 0.0966. The normalized spacial score (nSPS) is 20.5. The Balaban J connectivity index is 1.48. The van der Waals surface area contributed by atoms with Crippen LogP contribution in [0, 0.1) is 0 Å². The number of ether oxygens (including phenoxy) is 1. The molecule has 2 amide bonds. The molecule has 12 nitrogen and oxygen atoms in total. The monoisotopic (exact) mass is 490 g/mol. The van der Waals surface area contributed by atoms with Crippen LogP contribution in [0.4, 0.5) is 0 Å². The zero-order valence-electron chi connectivity index (χ0n) is 17.2. The molecule has 3 atom stereocenters. The fourth-order valence-corrected chi connectivity index (χ4v) is 5.83. The van der Waals surface area contributed by atoms with Gasteiger partial charge < -0.3 is 15.2 Å². The maximum Gasteiger partial charge on any atom is 0.352 e. The predicted molar refractivity (Wildman–Crippen MR) is 116 cm³/mol. The van der Waals surface area contributed by atoms with Crippen LogP contribution in [0.15, 0.2) is 46.8 Å². The van der Waals surface area contributed by atoms with Crippen LogP contribution in [0.5, 0.6) is 0 Å². The third-order valence-electron chi connectivity index (χ3n) is 5.04. The number of nitrogens with one attached hydrogen (secondary N) is 1. The van der Waals surface area contributed by atoms with Crippen molar-refractivity contribution in [2.75, 3.05) is 11.5 Å². The lowest BCUT2D eigenvalue weighted by Crippen LogP contribution is -2.71. The predicted octanol–water partition coefficient (Wildman–Crippen LogP) is -0.0449. The minimum Gasteiger partial charge on any atom is -0.477 e. The Hall–Kier alpha value is -3.39. The molecule has 0 bridgehead atoms. The number of rotatable bonds is 9. The number of fused-ring (bicyclic) bond motifs is 1. The lowest BCUT2D eigenvalue weighted by atomic mass is 10.0. The smallest absolute Gasteiger partial charge is 0.352 e. The second-order valence-corrected chi connectivity index (χ2v) is 9.10. The van der Waals surface area contributed by atoms with Gasteiger partial charge in [-0.05, 0) is 16.0 Å². The highest BCUT2D eigenvalue weighted by atomic mass is 32.2. The van der Waals surface area contributed by atoms with E-state index in [4.69, 9.17) is 4.74 Å².